The maximum absolute atomic E-state index is 10.7. The molecule has 0 aromatic heterocycles. The SMILES string of the molecule is COc1cc(C(N)CCC(=O)O)c(Br)cc1OC1CCCC1. The maximum Gasteiger partial charge on any atom is 0.303 e. The first-order valence-electron chi connectivity index (χ1n) is 7.52. The number of carbonyl (C=O) groups is 1. The van der Waals surface area contributed by atoms with Gasteiger partial charge in [0, 0.05) is 16.9 Å². The topological polar surface area (TPSA) is 81.8 Å². The molecule has 0 amide bonds. The van der Waals surface area contributed by atoms with Crippen molar-refractivity contribution < 1.29 is 19.4 Å². The summed E-state index contributed by atoms with van der Waals surface area (Å²) in [6, 6.07) is 3.34. The Morgan fingerprint density at radius 3 is 2.68 bits per heavy atom. The number of ether oxygens (including phenoxy) is 2. The van der Waals surface area contributed by atoms with E-state index in [9.17, 15) is 4.79 Å². The van der Waals surface area contributed by atoms with Crippen molar-refractivity contribution in [2.24, 2.45) is 5.73 Å². The monoisotopic (exact) mass is 371 g/mol. The Morgan fingerprint density at radius 1 is 1.41 bits per heavy atom. The van der Waals surface area contributed by atoms with E-state index in [1.165, 1.54) is 12.8 Å². The molecule has 5 nitrogen and oxygen atoms in total. The molecular weight excluding hydrogens is 350 g/mol. The first-order valence-corrected chi connectivity index (χ1v) is 8.32. The molecule has 1 aliphatic carbocycles. The van der Waals surface area contributed by atoms with Gasteiger partial charge in [0.05, 0.1) is 13.2 Å². The molecule has 2 rings (SSSR count). The quantitative estimate of drug-likeness (QED) is 0.764. The zero-order valence-electron chi connectivity index (χ0n) is 12.7. The highest BCUT2D eigenvalue weighted by molar-refractivity contribution is 9.10. The number of nitrogens with two attached hydrogens (primary N) is 1. The van der Waals surface area contributed by atoms with Crippen molar-refractivity contribution in [3.05, 3.63) is 22.2 Å². The van der Waals surface area contributed by atoms with Crippen LogP contribution in [0.1, 0.15) is 50.1 Å². The van der Waals surface area contributed by atoms with Crippen LogP contribution in [0.2, 0.25) is 0 Å². The summed E-state index contributed by atoms with van der Waals surface area (Å²) < 4.78 is 12.2. The van der Waals surface area contributed by atoms with Crippen molar-refractivity contribution in [1.82, 2.24) is 0 Å². The summed E-state index contributed by atoms with van der Waals surface area (Å²) in [7, 11) is 1.59. The molecule has 0 saturated heterocycles. The molecule has 122 valence electrons. The molecular formula is C16H22BrNO4. The molecule has 6 heteroatoms. The Labute approximate surface area is 138 Å². The molecule has 1 aliphatic rings. The smallest absolute Gasteiger partial charge is 0.303 e. The minimum atomic E-state index is -0.847. The first kappa shape index (κ1) is 17.1. The molecule has 0 heterocycles. The van der Waals surface area contributed by atoms with Crippen molar-refractivity contribution in [3.8, 4) is 11.5 Å². The zero-order chi connectivity index (χ0) is 16.1. The van der Waals surface area contributed by atoms with Crippen molar-refractivity contribution in [2.45, 2.75) is 50.7 Å². The Balaban J connectivity index is 2.16. The predicted molar refractivity (Wildman–Crippen MR) is 87.4 cm³/mol. The van der Waals surface area contributed by atoms with Crippen LogP contribution >= 0.6 is 15.9 Å². The molecule has 1 unspecified atom stereocenters. The number of rotatable bonds is 7. The lowest BCUT2D eigenvalue weighted by Crippen LogP contribution is -2.15. The Bertz CT molecular complexity index is 529. The number of hydrogen-bond acceptors (Lipinski definition) is 4. The van der Waals surface area contributed by atoms with Crippen LogP contribution in [0, 0.1) is 0 Å². The fourth-order valence-electron chi connectivity index (χ4n) is 2.71. The minimum absolute atomic E-state index is 0.0379. The van der Waals surface area contributed by atoms with Gasteiger partial charge in [-0.1, -0.05) is 15.9 Å². The van der Waals surface area contributed by atoms with E-state index in [1.54, 1.807) is 7.11 Å². The van der Waals surface area contributed by atoms with E-state index in [4.69, 9.17) is 20.3 Å². The van der Waals surface area contributed by atoms with Gasteiger partial charge in [-0.3, -0.25) is 4.79 Å². The number of benzene rings is 1. The molecule has 0 radical (unpaired) electrons. The normalized spacial score (nSPS) is 16.5. The lowest BCUT2D eigenvalue weighted by Gasteiger charge is -2.20. The fraction of sp³-hybridized carbons (Fsp3) is 0.562. The third-order valence-electron chi connectivity index (χ3n) is 3.95. The van der Waals surface area contributed by atoms with E-state index in [-0.39, 0.29) is 18.6 Å². The average molecular weight is 372 g/mol. The molecule has 0 spiro atoms. The summed E-state index contributed by atoms with van der Waals surface area (Å²) in [4.78, 5) is 10.7. The Hall–Kier alpha value is -1.27. The van der Waals surface area contributed by atoms with Crippen LogP contribution in [0.3, 0.4) is 0 Å². The van der Waals surface area contributed by atoms with E-state index >= 15 is 0 Å². The van der Waals surface area contributed by atoms with E-state index in [2.05, 4.69) is 15.9 Å². The van der Waals surface area contributed by atoms with Crippen LogP contribution < -0.4 is 15.2 Å². The highest BCUT2D eigenvalue weighted by atomic mass is 79.9. The van der Waals surface area contributed by atoms with E-state index in [0.717, 1.165) is 22.9 Å². The summed E-state index contributed by atoms with van der Waals surface area (Å²) in [6.07, 6.45) is 5.20. The molecule has 22 heavy (non-hydrogen) atoms. The highest BCUT2D eigenvalue weighted by Crippen LogP contribution is 2.38. The third-order valence-corrected chi connectivity index (χ3v) is 4.63. The van der Waals surface area contributed by atoms with E-state index < -0.39 is 5.97 Å². The maximum atomic E-state index is 10.7. The second-order valence-corrected chi connectivity index (χ2v) is 6.44. The summed E-state index contributed by atoms with van der Waals surface area (Å²) in [6.45, 7) is 0. The number of hydrogen-bond donors (Lipinski definition) is 2. The van der Waals surface area contributed by atoms with E-state index in [1.807, 2.05) is 12.1 Å². The molecule has 0 aliphatic heterocycles. The fourth-order valence-corrected chi connectivity index (χ4v) is 3.32. The standard InChI is InChI=1S/C16H22BrNO4/c1-21-14-8-11(13(18)6-7-16(19)20)12(17)9-15(14)22-10-4-2-3-5-10/h8-10,13H,2-7,18H2,1H3,(H,19,20). The second kappa shape index (κ2) is 7.83. The number of aliphatic carboxylic acids is 1. The molecule has 1 atom stereocenters. The summed E-state index contributed by atoms with van der Waals surface area (Å²) in [5.74, 6) is 0.492. The number of halogens is 1. The second-order valence-electron chi connectivity index (χ2n) is 5.59. The number of carboxylic acids is 1. The minimum Gasteiger partial charge on any atom is -0.493 e. The van der Waals surface area contributed by atoms with Gasteiger partial charge < -0.3 is 20.3 Å². The van der Waals surface area contributed by atoms with Gasteiger partial charge in [0.25, 0.3) is 0 Å². The summed E-state index contributed by atoms with van der Waals surface area (Å²) >= 11 is 3.50. The van der Waals surface area contributed by atoms with Gasteiger partial charge in [-0.2, -0.15) is 0 Å². The van der Waals surface area contributed by atoms with Crippen LogP contribution in [-0.4, -0.2) is 24.3 Å². The molecule has 0 bridgehead atoms. The first-order chi connectivity index (χ1) is 10.5. The summed E-state index contributed by atoms with van der Waals surface area (Å²) in [5.41, 5.74) is 6.92. The lowest BCUT2D eigenvalue weighted by molar-refractivity contribution is -0.137. The van der Waals surface area contributed by atoms with Crippen LogP contribution in [0.5, 0.6) is 11.5 Å². The molecule has 3 N–H and O–H groups in total. The van der Waals surface area contributed by atoms with Gasteiger partial charge in [0.15, 0.2) is 11.5 Å². The van der Waals surface area contributed by atoms with Crippen LogP contribution in [0.4, 0.5) is 0 Å². The van der Waals surface area contributed by atoms with Crippen LogP contribution in [0.15, 0.2) is 16.6 Å². The number of methoxy groups -OCH3 is 1. The average Bonchev–Trinajstić information content (AvgIpc) is 2.98. The predicted octanol–water partition coefficient (Wildman–Crippen LogP) is 3.64. The van der Waals surface area contributed by atoms with Gasteiger partial charge >= 0.3 is 5.97 Å². The number of carboxylic acid groups (broad SMARTS) is 1. The molecule has 1 aromatic rings. The van der Waals surface area contributed by atoms with Crippen molar-refractivity contribution in [3.63, 3.8) is 0 Å². The van der Waals surface area contributed by atoms with Gasteiger partial charge in [0.2, 0.25) is 0 Å². The van der Waals surface area contributed by atoms with Gasteiger partial charge in [-0.05, 0) is 49.8 Å². The van der Waals surface area contributed by atoms with E-state index in [0.29, 0.717) is 17.9 Å². The highest BCUT2D eigenvalue weighted by Gasteiger charge is 2.21. The van der Waals surface area contributed by atoms with Crippen molar-refractivity contribution >= 4 is 21.9 Å². The third kappa shape index (κ3) is 4.36. The van der Waals surface area contributed by atoms with Crippen LogP contribution in [0.25, 0.3) is 0 Å². The van der Waals surface area contributed by atoms with Crippen LogP contribution in [-0.2, 0) is 4.79 Å². The largest absolute Gasteiger partial charge is 0.493 e. The Kier molecular flexibility index (Phi) is 6.08. The lowest BCUT2D eigenvalue weighted by atomic mass is 10.0. The molecule has 1 saturated carbocycles. The van der Waals surface area contributed by atoms with Crippen molar-refractivity contribution in [2.75, 3.05) is 7.11 Å². The summed E-state index contributed by atoms with van der Waals surface area (Å²) in [5, 5.41) is 8.77. The van der Waals surface area contributed by atoms with Gasteiger partial charge in [0.1, 0.15) is 0 Å². The van der Waals surface area contributed by atoms with Gasteiger partial charge in [-0.25, -0.2) is 0 Å². The van der Waals surface area contributed by atoms with Crippen molar-refractivity contribution in [1.29, 1.82) is 0 Å². The molecule has 1 fully saturated rings. The Morgan fingerprint density at radius 2 is 2.09 bits per heavy atom. The zero-order valence-corrected chi connectivity index (χ0v) is 14.3. The molecule has 1 aromatic carbocycles. The van der Waals surface area contributed by atoms with Gasteiger partial charge in [-0.15, -0.1) is 0 Å².